The molecule has 2 rings (SSSR count). The van der Waals surface area contributed by atoms with E-state index in [0.29, 0.717) is 11.6 Å². The number of benzene rings is 1. The SMILES string of the molecule is Cc1ccc(C(=O)O)c(N2CCCC2CCCO)c1. The van der Waals surface area contributed by atoms with E-state index >= 15 is 0 Å². The average molecular weight is 263 g/mol. The van der Waals surface area contributed by atoms with Gasteiger partial charge in [0.25, 0.3) is 0 Å². The van der Waals surface area contributed by atoms with Crippen LogP contribution in [0.15, 0.2) is 18.2 Å². The second-order valence-corrected chi connectivity index (χ2v) is 5.18. The minimum absolute atomic E-state index is 0.198. The Morgan fingerprint density at radius 1 is 1.47 bits per heavy atom. The molecular formula is C15H21NO3. The molecule has 2 N–H and O–H groups in total. The first-order chi connectivity index (χ1) is 9.13. The van der Waals surface area contributed by atoms with Gasteiger partial charge in [-0.25, -0.2) is 4.79 Å². The average Bonchev–Trinajstić information content (AvgIpc) is 2.83. The first kappa shape index (κ1) is 13.9. The van der Waals surface area contributed by atoms with Crippen LogP contribution >= 0.6 is 0 Å². The van der Waals surface area contributed by atoms with E-state index in [-0.39, 0.29) is 6.61 Å². The van der Waals surface area contributed by atoms with Gasteiger partial charge in [0.15, 0.2) is 0 Å². The highest BCUT2D eigenvalue weighted by atomic mass is 16.4. The molecule has 0 bridgehead atoms. The normalized spacial score (nSPS) is 18.8. The Labute approximate surface area is 113 Å². The van der Waals surface area contributed by atoms with Gasteiger partial charge in [-0.3, -0.25) is 0 Å². The number of carbonyl (C=O) groups is 1. The van der Waals surface area contributed by atoms with Gasteiger partial charge in [0.1, 0.15) is 0 Å². The van der Waals surface area contributed by atoms with E-state index in [9.17, 15) is 9.90 Å². The molecule has 4 heteroatoms. The Hall–Kier alpha value is -1.55. The van der Waals surface area contributed by atoms with Gasteiger partial charge in [0.05, 0.1) is 11.3 Å². The Kier molecular flexibility index (Phi) is 4.43. The number of anilines is 1. The highest BCUT2D eigenvalue weighted by Gasteiger charge is 2.27. The highest BCUT2D eigenvalue weighted by Crippen LogP contribution is 2.31. The Morgan fingerprint density at radius 2 is 2.26 bits per heavy atom. The lowest BCUT2D eigenvalue weighted by atomic mass is 10.1. The van der Waals surface area contributed by atoms with Gasteiger partial charge < -0.3 is 15.1 Å². The van der Waals surface area contributed by atoms with E-state index in [1.807, 2.05) is 19.1 Å². The predicted octanol–water partition coefficient (Wildman–Crippen LogP) is 2.43. The summed E-state index contributed by atoms with van der Waals surface area (Å²) in [6, 6.07) is 5.84. The molecule has 4 nitrogen and oxygen atoms in total. The van der Waals surface area contributed by atoms with Crippen molar-refractivity contribution in [1.82, 2.24) is 0 Å². The number of aliphatic hydroxyl groups excluding tert-OH is 1. The topological polar surface area (TPSA) is 60.8 Å². The van der Waals surface area contributed by atoms with Crippen LogP contribution in [0, 0.1) is 6.92 Å². The quantitative estimate of drug-likeness (QED) is 0.856. The zero-order valence-electron chi connectivity index (χ0n) is 11.3. The largest absolute Gasteiger partial charge is 0.478 e. The van der Waals surface area contributed by atoms with Gasteiger partial charge in [-0.2, -0.15) is 0 Å². The molecule has 104 valence electrons. The molecule has 0 spiro atoms. The molecule has 1 aromatic rings. The molecule has 1 fully saturated rings. The molecule has 1 saturated heterocycles. The van der Waals surface area contributed by atoms with Crippen molar-refractivity contribution in [3.63, 3.8) is 0 Å². The number of aliphatic hydroxyl groups is 1. The van der Waals surface area contributed by atoms with Crippen LogP contribution in [0.25, 0.3) is 0 Å². The lowest BCUT2D eigenvalue weighted by molar-refractivity contribution is 0.0697. The Morgan fingerprint density at radius 3 is 2.95 bits per heavy atom. The van der Waals surface area contributed by atoms with Crippen LogP contribution in [0.5, 0.6) is 0 Å². The van der Waals surface area contributed by atoms with Gasteiger partial charge >= 0.3 is 5.97 Å². The van der Waals surface area contributed by atoms with E-state index in [0.717, 1.165) is 43.5 Å². The molecule has 1 aromatic carbocycles. The van der Waals surface area contributed by atoms with Gasteiger partial charge in [0, 0.05) is 19.2 Å². The molecule has 0 aliphatic carbocycles. The van der Waals surface area contributed by atoms with Crippen molar-refractivity contribution in [1.29, 1.82) is 0 Å². The van der Waals surface area contributed by atoms with Crippen LogP contribution in [-0.4, -0.2) is 35.4 Å². The second kappa shape index (κ2) is 6.06. The summed E-state index contributed by atoms with van der Waals surface area (Å²) in [5, 5.41) is 18.3. The summed E-state index contributed by atoms with van der Waals surface area (Å²) in [5.74, 6) is -0.872. The number of nitrogens with zero attached hydrogens (tertiary/aromatic N) is 1. The molecule has 19 heavy (non-hydrogen) atoms. The van der Waals surface area contributed by atoms with Gasteiger partial charge in [0.2, 0.25) is 0 Å². The van der Waals surface area contributed by atoms with Crippen LogP contribution in [0.4, 0.5) is 5.69 Å². The van der Waals surface area contributed by atoms with Crippen LogP contribution < -0.4 is 4.90 Å². The van der Waals surface area contributed by atoms with Crippen molar-refractivity contribution in [2.75, 3.05) is 18.1 Å². The first-order valence-corrected chi connectivity index (χ1v) is 6.85. The molecule has 1 unspecified atom stereocenters. The number of carboxylic acids is 1. The van der Waals surface area contributed by atoms with Crippen LogP contribution in [0.1, 0.15) is 41.6 Å². The number of hydrogen-bond donors (Lipinski definition) is 2. The van der Waals surface area contributed by atoms with E-state index < -0.39 is 5.97 Å². The van der Waals surface area contributed by atoms with Crippen molar-refractivity contribution >= 4 is 11.7 Å². The summed E-state index contributed by atoms with van der Waals surface area (Å²) in [7, 11) is 0. The molecule has 1 atom stereocenters. The predicted molar refractivity (Wildman–Crippen MR) is 74.8 cm³/mol. The summed E-state index contributed by atoms with van der Waals surface area (Å²) in [4.78, 5) is 13.5. The van der Waals surface area contributed by atoms with Crippen LogP contribution in [-0.2, 0) is 0 Å². The molecule has 1 heterocycles. The first-order valence-electron chi connectivity index (χ1n) is 6.85. The van der Waals surface area contributed by atoms with E-state index in [2.05, 4.69) is 4.90 Å². The van der Waals surface area contributed by atoms with Crippen molar-refractivity contribution in [2.45, 2.75) is 38.6 Å². The third-order valence-corrected chi connectivity index (χ3v) is 3.77. The van der Waals surface area contributed by atoms with Gasteiger partial charge in [-0.05, 0) is 50.3 Å². The monoisotopic (exact) mass is 263 g/mol. The van der Waals surface area contributed by atoms with E-state index in [4.69, 9.17) is 5.11 Å². The van der Waals surface area contributed by atoms with Crippen molar-refractivity contribution in [3.8, 4) is 0 Å². The van der Waals surface area contributed by atoms with Crippen LogP contribution in [0.2, 0.25) is 0 Å². The van der Waals surface area contributed by atoms with E-state index in [1.165, 1.54) is 0 Å². The minimum Gasteiger partial charge on any atom is -0.478 e. The zero-order chi connectivity index (χ0) is 13.8. The number of aryl methyl sites for hydroxylation is 1. The van der Waals surface area contributed by atoms with Crippen LogP contribution in [0.3, 0.4) is 0 Å². The Balaban J connectivity index is 2.28. The lowest BCUT2D eigenvalue weighted by Gasteiger charge is -2.28. The van der Waals surface area contributed by atoms with Crippen molar-refractivity contribution < 1.29 is 15.0 Å². The fourth-order valence-electron chi connectivity index (χ4n) is 2.84. The fourth-order valence-corrected chi connectivity index (χ4v) is 2.84. The second-order valence-electron chi connectivity index (χ2n) is 5.18. The maximum absolute atomic E-state index is 11.3. The van der Waals surface area contributed by atoms with Crippen molar-refractivity contribution in [2.24, 2.45) is 0 Å². The smallest absolute Gasteiger partial charge is 0.337 e. The van der Waals surface area contributed by atoms with E-state index in [1.54, 1.807) is 6.07 Å². The Bertz CT molecular complexity index is 459. The maximum Gasteiger partial charge on any atom is 0.337 e. The van der Waals surface area contributed by atoms with Gasteiger partial charge in [-0.15, -0.1) is 0 Å². The maximum atomic E-state index is 11.3. The summed E-state index contributed by atoms with van der Waals surface area (Å²) >= 11 is 0. The third kappa shape index (κ3) is 3.07. The minimum atomic E-state index is -0.872. The summed E-state index contributed by atoms with van der Waals surface area (Å²) in [5.41, 5.74) is 2.28. The molecule has 0 radical (unpaired) electrons. The number of aromatic carboxylic acids is 1. The van der Waals surface area contributed by atoms with Crippen molar-refractivity contribution in [3.05, 3.63) is 29.3 Å². The lowest BCUT2D eigenvalue weighted by Crippen LogP contribution is -2.30. The number of hydrogen-bond acceptors (Lipinski definition) is 3. The summed E-state index contributed by atoms with van der Waals surface area (Å²) in [6.45, 7) is 3.08. The molecular weight excluding hydrogens is 242 g/mol. The fraction of sp³-hybridized carbons (Fsp3) is 0.533. The molecule has 0 aromatic heterocycles. The number of carboxylic acid groups (broad SMARTS) is 1. The zero-order valence-corrected chi connectivity index (χ0v) is 11.3. The highest BCUT2D eigenvalue weighted by molar-refractivity contribution is 5.94. The summed E-state index contributed by atoms with van der Waals surface area (Å²) < 4.78 is 0. The molecule has 1 aliphatic rings. The standard InChI is InChI=1S/C15H21NO3/c1-11-6-7-13(15(18)19)14(10-11)16-8-2-4-12(16)5-3-9-17/h6-7,10,12,17H,2-5,8-9H2,1H3,(H,18,19). The summed E-state index contributed by atoms with van der Waals surface area (Å²) in [6.07, 6.45) is 3.86. The number of rotatable bonds is 5. The molecule has 0 saturated carbocycles. The molecule has 1 aliphatic heterocycles. The third-order valence-electron chi connectivity index (χ3n) is 3.77. The van der Waals surface area contributed by atoms with Gasteiger partial charge in [-0.1, -0.05) is 6.07 Å². The molecule has 0 amide bonds.